The van der Waals surface area contributed by atoms with E-state index in [0.717, 1.165) is 63.4 Å². The fraction of sp³-hybridized carbons (Fsp3) is 0.741. The van der Waals surface area contributed by atoms with Crippen molar-refractivity contribution in [2.45, 2.75) is 111 Å². The van der Waals surface area contributed by atoms with Gasteiger partial charge in [0.15, 0.2) is 0 Å². The maximum atomic E-state index is 12.9. The van der Waals surface area contributed by atoms with Gasteiger partial charge in [-0.3, -0.25) is 9.59 Å². The summed E-state index contributed by atoms with van der Waals surface area (Å²) < 4.78 is 5.59. The molecule has 4 nitrogen and oxygen atoms in total. The van der Waals surface area contributed by atoms with Crippen LogP contribution in [0.5, 0.6) is 0 Å². The third-order valence-electron chi connectivity index (χ3n) is 6.84. The molecule has 0 bridgehead atoms. The SMILES string of the molecule is CC(=O)C(C)(C)CCC/C=C1/CC(=O)C2CCCC/C(C(=O)OC(C)(C)C)=C/CC2C1. The molecule has 0 N–H and O–H groups in total. The average molecular weight is 431 g/mol. The molecule has 0 aromatic heterocycles. The summed E-state index contributed by atoms with van der Waals surface area (Å²) in [6.07, 6.45) is 12.9. The van der Waals surface area contributed by atoms with E-state index < -0.39 is 5.60 Å². The van der Waals surface area contributed by atoms with E-state index >= 15 is 0 Å². The largest absolute Gasteiger partial charge is 0.457 e. The van der Waals surface area contributed by atoms with Gasteiger partial charge in [0, 0.05) is 23.3 Å². The van der Waals surface area contributed by atoms with Crippen molar-refractivity contribution in [3.8, 4) is 0 Å². The third kappa shape index (κ3) is 8.05. The molecule has 2 aliphatic carbocycles. The fourth-order valence-corrected chi connectivity index (χ4v) is 4.60. The van der Waals surface area contributed by atoms with Crippen LogP contribution in [0.15, 0.2) is 23.3 Å². The molecule has 0 amide bonds. The molecule has 0 heterocycles. The second kappa shape index (κ2) is 10.7. The van der Waals surface area contributed by atoms with Crippen molar-refractivity contribution < 1.29 is 19.1 Å². The first-order valence-corrected chi connectivity index (χ1v) is 12.0. The zero-order valence-electron chi connectivity index (χ0n) is 20.5. The summed E-state index contributed by atoms with van der Waals surface area (Å²) in [5.41, 5.74) is 1.24. The van der Waals surface area contributed by atoms with Gasteiger partial charge in [-0.15, -0.1) is 0 Å². The van der Waals surface area contributed by atoms with Crippen LogP contribution < -0.4 is 0 Å². The Balaban J connectivity index is 2.04. The maximum absolute atomic E-state index is 12.9. The molecule has 1 saturated carbocycles. The van der Waals surface area contributed by atoms with Crippen molar-refractivity contribution >= 4 is 17.5 Å². The van der Waals surface area contributed by atoms with E-state index in [2.05, 4.69) is 6.08 Å². The minimum Gasteiger partial charge on any atom is -0.457 e. The zero-order valence-corrected chi connectivity index (χ0v) is 20.5. The molecular weight excluding hydrogens is 388 g/mol. The van der Waals surface area contributed by atoms with Crippen LogP contribution in [0.2, 0.25) is 0 Å². The highest BCUT2D eigenvalue weighted by Gasteiger charge is 2.34. The Bertz CT molecular complexity index is 733. The van der Waals surface area contributed by atoms with Crippen molar-refractivity contribution in [2.24, 2.45) is 17.3 Å². The summed E-state index contributed by atoms with van der Waals surface area (Å²) in [7, 11) is 0. The quantitative estimate of drug-likeness (QED) is 0.273. The molecular formula is C27H42O4. The van der Waals surface area contributed by atoms with Crippen molar-refractivity contribution in [3.05, 3.63) is 23.3 Å². The molecule has 0 aliphatic heterocycles. The van der Waals surface area contributed by atoms with Crippen molar-refractivity contribution in [1.29, 1.82) is 0 Å². The minimum atomic E-state index is -0.493. The lowest BCUT2D eigenvalue weighted by atomic mass is 9.72. The second-order valence-corrected chi connectivity index (χ2v) is 11.1. The van der Waals surface area contributed by atoms with Crippen LogP contribution in [0.3, 0.4) is 0 Å². The van der Waals surface area contributed by atoms with Crippen LogP contribution >= 0.6 is 0 Å². The fourth-order valence-electron chi connectivity index (χ4n) is 4.60. The van der Waals surface area contributed by atoms with E-state index in [9.17, 15) is 14.4 Å². The Morgan fingerprint density at radius 3 is 2.52 bits per heavy atom. The maximum Gasteiger partial charge on any atom is 0.334 e. The van der Waals surface area contributed by atoms with Gasteiger partial charge in [0.2, 0.25) is 0 Å². The van der Waals surface area contributed by atoms with E-state index in [-0.39, 0.29) is 29.0 Å². The van der Waals surface area contributed by atoms with Crippen LogP contribution in [0.4, 0.5) is 0 Å². The van der Waals surface area contributed by atoms with Crippen LogP contribution in [0, 0.1) is 17.3 Å². The Labute approximate surface area is 188 Å². The number of ketones is 2. The second-order valence-electron chi connectivity index (χ2n) is 11.1. The number of allylic oxidation sites excluding steroid dienone is 3. The number of ether oxygens (including phenoxy) is 1. The smallest absolute Gasteiger partial charge is 0.334 e. The first-order valence-electron chi connectivity index (χ1n) is 12.0. The molecule has 174 valence electrons. The predicted molar refractivity (Wildman–Crippen MR) is 125 cm³/mol. The number of hydrogen-bond donors (Lipinski definition) is 0. The highest BCUT2D eigenvalue weighted by atomic mass is 16.6. The van der Waals surface area contributed by atoms with Crippen molar-refractivity contribution in [3.63, 3.8) is 0 Å². The van der Waals surface area contributed by atoms with E-state index in [0.29, 0.717) is 12.2 Å². The molecule has 4 heteroatoms. The molecule has 2 rings (SSSR count). The monoisotopic (exact) mass is 430 g/mol. The molecule has 1 fully saturated rings. The highest BCUT2D eigenvalue weighted by Crippen LogP contribution is 2.38. The number of Topliss-reactive ketones (excluding diaryl/α,β-unsaturated/α-hetero) is 2. The van der Waals surface area contributed by atoms with E-state index in [1.165, 1.54) is 5.57 Å². The number of carbonyl (C=O) groups excluding carboxylic acids is 3. The summed E-state index contributed by atoms with van der Waals surface area (Å²) in [4.78, 5) is 37.2. The summed E-state index contributed by atoms with van der Waals surface area (Å²) in [5.74, 6) is 0.770. The number of fused-ring (bicyclic) bond motifs is 1. The third-order valence-corrected chi connectivity index (χ3v) is 6.84. The topological polar surface area (TPSA) is 60.4 Å². The Hall–Kier alpha value is -1.71. The highest BCUT2D eigenvalue weighted by molar-refractivity contribution is 5.89. The summed E-state index contributed by atoms with van der Waals surface area (Å²) >= 11 is 0. The summed E-state index contributed by atoms with van der Waals surface area (Å²) in [6, 6.07) is 0. The molecule has 2 unspecified atom stereocenters. The van der Waals surface area contributed by atoms with Gasteiger partial charge in [-0.2, -0.15) is 0 Å². The number of esters is 1. The summed E-state index contributed by atoms with van der Waals surface area (Å²) in [5, 5.41) is 0. The normalized spacial score (nSPS) is 26.2. The average Bonchev–Trinajstić information content (AvgIpc) is 2.74. The molecule has 0 saturated heterocycles. The molecule has 2 atom stereocenters. The first kappa shape index (κ1) is 25.5. The molecule has 31 heavy (non-hydrogen) atoms. The van der Waals surface area contributed by atoms with Gasteiger partial charge in [0.1, 0.15) is 17.2 Å². The lowest BCUT2D eigenvalue weighted by molar-refractivity contribution is -0.150. The Morgan fingerprint density at radius 2 is 1.87 bits per heavy atom. The van der Waals surface area contributed by atoms with Gasteiger partial charge >= 0.3 is 5.97 Å². The summed E-state index contributed by atoms with van der Waals surface area (Å²) in [6.45, 7) is 11.3. The lowest BCUT2D eigenvalue weighted by Crippen LogP contribution is -2.29. The molecule has 0 radical (unpaired) electrons. The Kier molecular flexibility index (Phi) is 8.85. The van der Waals surface area contributed by atoms with Gasteiger partial charge in [-0.25, -0.2) is 4.79 Å². The lowest BCUT2D eigenvalue weighted by Gasteiger charge is -2.31. The van der Waals surface area contributed by atoms with Gasteiger partial charge in [0.05, 0.1) is 0 Å². The van der Waals surface area contributed by atoms with Crippen LogP contribution in [-0.2, 0) is 19.1 Å². The van der Waals surface area contributed by atoms with Crippen LogP contribution in [0.1, 0.15) is 106 Å². The minimum absolute atomic E-state index is 0.114. The van der Waals surface area contributed by atoms with Gasteiger partial charge in [-0.05, 0) is 85.0 Å². The predicted octanol–water partition coefficient (Wildman–Crippen LogP) is 6.53. The van der Waals surface area contributed by atoms with Crippen LogP contribution in [-0.4, -0.2) is 23.1 Å². The zero-order chi connectivity index (χ0) is 23.2. The number of hydrogen-bond acceptors (Lipinski definition) is 4. The van der Waals surface area contributed by atoms with Gasteiger partial charge in [0.25, 0.3) is 0 Å². The number of unbranched alkanes of at least 4 members (excludes halogenated alkanes) is 1. The first-order chi connectivity index (χ1) is 14.4. The van der Waals surface area contributed by atoms with E-state index in [1.54, 1.807) is 6.92 Å². The van der Waals surface area contributed by atoms with E-state index in [1.807, 2.05) is 40.7 Å². The van der Waals surface area contributed by atoms with Gasteiger partial charge < -0.3 is 4.74 Å². The molecule has 0 aromatic carbocycles. The van der Waals surface area contributed by atoms with Gasteiger partial charge in [-0.1, -0.05) is 38.0 Å². The van der Waals surface area contributed by atoms with Crippen molar-refractivity contribution in [2.75, 3.05) is 0 Å². The molecule has 0 aromatic rings. The van der Waals surface area contributed by atoms with E-state index in [4.69, 9.17) is 4.74 Å². The molecule has 0 spiro atoms. The standard InChI is InChI=1S/C27H42O4/c1-19(28)27(5,6)16-10-9-11-20-17-22-15-14-21(25(30)31-26(2,3)4)12-7-8-13-23(22)24(29)18-20/h11,14,22-23H,7-10,12-13,15-18H2,1-6H3/b20-11+,21-14-. The van der Waals surface area contributed by atoms with Crippen LogP contribution in [0.25, 0.3) is 0 Å². The Morgan fingerprint density at radius 1 is 1.16 bits per heavy atom. The molecule has 2 aliphatic rings. The van der Waals surface area contributed by atoms with Crippen molar-refractivity contribution in [1.82, 2.24) is 0 Å². The number of rotatable bonds is 6. The number of carbonyl (C=O) groups is 3.